The van der Waals surface area contributed by atoms with Gasteiger partial charge in [-0.2, -0.15) is 0 Å². The van der Waals surface area contributed by atoms with Gasteiger partial charge in [0, 0.05) is 19.0 Å². The standard InChI is InChI=1S/C11H19F2N/c1-9-2-4-10(5-3-9)14-7-6-11(12,13)8-14/h9-10H,2-8H2,1H3. The number of nitrogens with zero attached hydrogens (tertiary/aromatic N) is 1. The molecule has 2 aliphatic rings. The van der Waals surface area contributed by atoms with Crippen molar-refractivity contribution in [1.82, 2.24) is 4.90 Å². The largest absolute Gasteiger partial charge is 0.294 e. The highest BCUT2D eigenvalue weighted by Crippen LogP contribution is 2.33. The van der Waals surface area contributed by atoms with Gasteiger partial charge in [-0.1, -0.05) is 6.92 Å². The molecule has 0 spiro atoms. The average molecular weight is 203 g/mol. The molecule has 3 heteroatoms. The van der Waals surface area contributed by atoms with Crippen molar-refractivity contribution < 1.29 is 8.78 Å². The Balaban J connectivity index is 1.85. The fraction of sp³-hybridized carbons (Fsp3) is 1.00. The zero-order valence-electron chi connectivity index (χ0n) is 8.81. The van der Waals surface area contributed by atoms with Crippen LogP contribution in [-0.4, -0.2) is 30.0 Å². The molecule has 14 heavy (non-hydrogen) atoms. The maximum Gasteiger partial charge on any atom is 0.261 e. The predicted octanol–water partition coefficient (Wildman–Crippen LogP) is 2.91. The number of rotatable bonds is 1. The van der Waals surface area contributed by atoms with Crippen LogP contribution in [0.25, 0.3) is 0 Å². The monoisotopic (exact) mass is 203 g/mol. The quantitative estimate of drug-likeness (QED) is 0.633. The van der Waals surface area contributed by atoms with E-state index in [0.717, 1.165) is 18.8 Å². The lowest BCUT2D eigenvalue weighted by Gasteiger charge is -2.33. The third-order valence-corrected chi connectivity index (χ3v) is 3.70. The summed E-state index contributed by atoms with van der Waals surface area (Å²) >= 11 is 0. The zero-order valence-corrected chi connectivity index (χ0v) is 8.81. The topological polar surface area (TPSA) is 3.24 Å². The molecule has 0 aromatic rings. The van der Waals surface area contributed by atoms with Crippen molar-refractivity contribution in [3.63, 3.8) is 0 Å². The van der Waals surface area contributed by atoms with E-state index in [-0.39, 0.29) is 13.0 Å². The molecule has 0 N–H and O–H groups in total. The Bertz CT molecular complexity index is 197. The maximum absolute atomic E-state index is 13.0. The Morgan fingerprint density at radius 3 is 2.29 bits per heavy atom. The Hall–Kier alpha value is -0.180. The third-order valence-electron chi connectivity index (χ3n) is 3.70. The lowest BCUT2D eigenvalue weighted by molar-refractivity contribution is 0.00470. The van der Waals surface area contributed by atoms with Crippen LogP contribution in [0.5, 0.6) is 0 Å². The molecule has 0 bridgehead atoms. The molecule has 1 aliphatic heterocycles. The molecule has 0 unspecified atom stereocenters. The Morgan fingerprint density at radius 1 is 1.14 bits per heavy atom. The fourth-order valence-corrected chi connectivity index (χ4v) is 2.68. The molecule has 2 fully saturated rings. The molecular weight excluding hydrogens is 184 g/mol. The molecule has 1 saturated carbocycles. The molecule has 1 nitrogen and oxygen atoms in total. The number of alkyl halides is 2. The van der Waals surface area contributed by atoms with Gasteiger partial charge in [0.1, 0.15) is 0 Å². The third kappa shape index (κ3) is 2.25. The smallest absolute Gasteiger partial charge is 0.261 e. The van der Waals surface area contributed by atoms with Crippen molar-refractivity contribution in [1.29, 1.82) is 0 Å². The first-order valence-electron chi connectivity index (χ1n) is 5.69. The second-order valence-corrected chi connectivity index (χ2v) is 4.99. The van der Waals surface area contributed by atoms with Crippen molar-refractivity contribution >= 4 is 0 Å². The summed E-state index contributed by atoms with van der Waals surface area (Å²) in [5, 5.41) is 0. The van der Waals surface area contributed by atoms with Gasteiger partial charge < -0.3 is 0 Å². The normalized spacial score (nSPS) is 38.8. The van der Waals surface area contributed by atoms with Crippen LogP contribution in [0.15, 0.2) is 0 Å². The van der Waals surface area contributed by atoms with Crippen molar-refractivity contribution in [2.75, 3.05) is 13.1 Å². The first-order valence-corrected chi connectivity index (χ1v) is 5.69. The second kappa shape index (κ2) is 3.76. The maximum atomic E-state index is 13.0. The first kappa shape index (κ1) is 10.3. The van der Waals surface area contributed by atoms with Crippen LogP contribution in [0.3, 0.4) is 0 Å². The number of hydrogen-bond acceptors (Lipinski definition) is 1. The van der Waals surface area contributed by atoms with E-state index in [9.17, 15) is 8.78 Å². The van der Waals surface area contributed by atoms with Gasteiger partial charge in [-0.25, -0.2) is 8.78 Å². The number of halogens is 2. The van der Waals surface area contributed by atoms with Gasteiger partial charge in [-0.05, 0) is 31.6 Å². The fourth-order valence-electron chi connectivity index (χ4n) is 2.68. The van der Waals surface area contributed by atoms with Gasteiger partial charge in [-0.15, -0.1) is 0 Å². The SMILES string of the molecule is CC1CCC(N2CCC(F)(F)C2)CC1. The van der Waals surface area contributed by atoms with Crippen LogP contribution in [0, 0.1) is 5.92 Å². The lowest BCUT2D eigenvalue weighted by atomic mass is 9.87. The average Bonchev–Trinajstić information content (AvgIpc) is 2.47. The first-order chi connectivity index (χ1) is 6.57. The molecule has 1 heterocycles. The summed E-state index contributed by atoms with van der Waals surface area (Å²) in [6, 6.07) is 0.444. The van der Waals surface area contributed by atoms with Crippen molar-refractivity contribution in [3.8, 4) is 0 Å². The van der Waals surface area contributed by atoms with Crippen LogP contribution in [0.1, 0.15) is 39.0 Å². The summed E-state index contributed by atoms with van der Waals surface area (Å²) in [6.07, 6.45) is 4.74. The lowest BCUT2D eigenvalue weighted by Crippen LogP contribution is -2.37. The van der Waals surface area contributed by atoms with Gasteiger partial charge in [0.25, 0.3) is 5.92 Å². The minimum absolute atomic E-state index is 0.00600. The Labute approximate surface area is 84.5 Å². The molecule has 82 valence electrons. The molecule has 1 aliphatic carbocycles. The summed E-state index contributed by atoms with van der Waals surface area (Å²) in [5.41, 5.74) is 0. The van der Waals surface area contributed by atoms with Gasteiger partial charge in [0.05, 0.1) is 6.54 Å². The van der Waals surface area contributed by atoms with E-state index in [0.29, 0.717) is 12.6 Å². The van der Waals surface area contributed by atoms with E-state index in [1.807, 2.05) is 4.90 Å². The Morgan fingerprint density at radius 2 is 1.79 bits per heavy atom. The van der Waals surface area contributed by atoms with Crippen LogP contribution in [-0.2, 0) is 0 Å². The molecule has 0 aromatic heterocycles. The Kier molecular flexibility index (Phi) is 2.78. The molecule has 2 rings (SSSR count). The molecule has 0 atom stereocenters. The highest BCUT2D eigenvalue weighted by molar-refractivity contribution is 4.88. The minimum Gasteiger partial charge on any atom is -0.294 e. The van der Waals surface area contributed by atoms with E-state index >= 15 is 0 Å². The highest BCUT2D eigenvalue weighted by atomic mass is 19.3. The van der Waals surface area contributed by atoms with E-state index in [1.165, 1.54) is 12.8 Å². The summed E-state index contributed by atoms with van der Waals surface area (Å²) in [5.74, 6) is -1.61. The molecule has 1 saturated heterocycles. The van der Waals surface area contributed by atoms with Crippen molar-refractivity contribution in [2.24, 2.45) is 5.92 Å². The van der Waals surface area contributed by atoms with Gasteiger partial charge in [-0.3, -0.25) is 4.90 Å². The van der Waals surface area contributed by atoms with Crippen molar-refractivity contribution in [3.05, 3.63) is 0 Å². The van der Waals surface area contributed by atoms with Gasteiger partial charge in [0.2, 0.25) is 0 Å². The van der Waals surface area contributed by atoms with Crippen LogP contribution in [0.4, 0.5) is 8.78 Å². The van der Waals surface area contributed by atoms with Crippen LogP contribution < -0.4 is 0 Å². The molecule has 0 aromatic carbocycles. The highest BCUT2D eigenvalue weighted by Gasteiger charge is 2.41. The van der Waals surface area contributed by atoms with Crippen molar-refractivity contribution in [2.45, 2.75) is 51.0 Å². The predicted molar refractivity (Wildman–Crippen MR) is 52.6 cm³/mol. The van der Waals surface area contributed by atoms with Gasteiger partial charge >= 0.3 is 0 Å². The molecule has 0 radical (unpaired) electrons. The molecular formula is C11H19F2N. The van der Waals surface area contributed by atoms with Crippen LogP contribution in [0.2, 0.25) is 0 Å². The molecule has 0 amide bonds. The summed E-state index contributed by atoms with van der Waals surface area (Å²) in [4.78, 5) is 2.01. The van der Waals surface area contributed by atoms with E-state index in [1.54, 1.807) is 0 Å². The number of hydrogen-bond donors (Lipinski definition) is 0. The summed E-state index contributed by atoms with van der Waals surface area (Å²) < 4.78 is 26.0. The van der Waals surface area contributed by atoms with E-state index in [4.69, 9.17) is 0 Å². The summed E-state index contributed by atoms with van der Waals surface area (Å²) in [6.45, 7) is 2.87. The zero-order chi connectivity index (χ0) is 10.2. The van der Waals surface area contributed by atoms with E-state index in [2.05, 4.69) is 6.92 Å². The summed E-state index contributed by atoms with van der Waals surface area (Å²) in [7, 11) is 0. The second-order valence-electron chi connectivity index (χ2n) is 4.99. The number of likely N-dealkylation sites (tertiary alicyclic amines) is 1. The van der Waals surface area contributed by atoms with Crippen LogP contribution >= 0.6 is 0 Å². The minimum atomic E-state index is -2.41. The van der Waals surface area contributed by atoms with E-state index < -0.39 is 5.92 Å². The van der Waals surface area contributed by atoms with Gasteiger partial charge in [0.15, 0.2) is 0 Å².